The molecule has 8 nitrogen and oxygen atoms in total. The van der Waals surface area contributed by atoms with Crippen molar-refractivity contribution in [2.45, 2.75) is 32.6 Å². The monoisotopic (exact) mass is 614 g/mol. The Kier molecular flexibility index (Phi) is 10.5. The van der Waals surface area contributed by atoms with Crippen molar-refractivity contribution in [2.24, 2.45) is 0 Å². The highest BCUT2D eigenvalue weighted by Gasteiger charge is 2.34. The van der Waals surface area contributed by atoms with Gasteiger partial charge < -0.3 is 25.4 Å². The molecule has 3 aromatic carbocycles. The topological polar surface area (TPSA) is 91.9 Å². The number of alkyl halides is 3. The fourth-order valence-corrected chi connectivity index (χ4v) is 4.87. The number of hydrogen-bond acceptors (Lipinski definition) is 6. The number of ether oxygens (including phenoxy) is 2. The number of nitrogens with zero attached hydrogens (tertiary/aromatic N) is 1. The minimum atomic E-state index is -4.89. The summed E-state index contributed by atoms with van der Waals surface area (Å²) in [5.74, 6) is -1.00. The van der Waals surface area contributed by atoms with E-state index in [1.807, 2.05) is 36.1 Å². The second kappa shape index (κ2) is 14.3. The van der Waals surface area contributed by atoms with Gasteiger partial charge in [-0.2, -0.15) is 13.2 Å². The molecule has 0 radical (unpaired) electrons. The van der Waals surface area contributed by atoms with Crippen LogP contribution in [0.15, 0.2) is 71.9 Å². The second-order valence-corrected chi connectivity index (χ2v) is 10.1. The van der Waals surface area contributed by atoms with Crippen molar-refractivity contribution in [1.82, 2.24) is 15.5 Å². The molecule has 0 saturated heterocycles. The molecule has 0 aliphatic carbocycles. The van der Waals surface area contributed by atoms with E-state index in [2.05, 4.69) is 16.0 Å². The Balaban J connectivity index is 1.36. The number of hydrogen-bond donors (Lipinski definition) is 3. The van der Waals surface area contributed by atoms with E-state index >= 15 is 0 Å². The number of anilines is 1. The molecule has 1 aliphatic heterocycles. The fraction of sp³-hybridized carbons (Fsp3) is 0.312. The maximum Gasteiger partial charge on any atom is 0.419 e. The molecule has 12 heteroatoms. The van der Waals surface area contributed by atoms with Crippen molar-refractivity contribution in [2.75, 3.05) is 39.2 Å². The average Bonchev–Trinajstić information content (AvgIpc) is 3.01. The van der Waals surface area contributed by atoms with Crippen LogP contribution in [0.1, 0.15) is 40.4 Å². The molecule has 3 N–H and O–H groups in total. The quantitative estimate of drug-likeness (QED) is 0.247. The minimum absolute atomic E-state index is 0.153. The van der Waals surface area contributed by atoms with Crippen LogP contribution in [0, 0.1) is 5.82 Å². The maximum atomic E-state index is 13.7. The number of nitrogens with one attached hydrogen (secondary N) is 3. The van der Waals surface area contributed by atoms with Gasteiger partial charge in [-0.05, 0) is 60.5 Å². The molecule has 0 saturated carbocycles. The number of carbonyl (C=O) groups is 2. The normalized spacial score (nSPS) is 13.8. The summed E-state index contributed by atoms with van der Waals surface area (Å²) in [6.07, 6.45) is -4.37. The van der Waals surface area contributed by atoms with Crippen LogP contribution in [0.3, 0.4) is 0 Å². The third-order valence-electron chi connectivity index (χ3n) is 7.13. The minimum Gasteiger partial charge on any atom is -0.493 e. The molecular formula is C32H34F4N4O4. The van der Waals surface area contributed by atoms with E-state index < -0.39 is 23.5 Å². The second-order valence-electron chi connectivity index (χ2n) is 10.1. The van der Waals surface area contributed by atoms with Crippen LogP contribution in [-0.4, -0.2) is 50.6 Å². The molecule has 0 atom stereocenters. The summed E-state index contributed by atoms with van der Waals surface area (Å²) in [5.41, 5.74) is 1.71. The van der Waals surface area contributed by atoms with E-state index in [0.717, 1.165) is 17.2 Å². The largest absolute Gasteiger partial charge is 0.493 e. The van der Waals surface area contributed by atoms with Gasteiger partial charge in [-0.15, -0.1) is 0 Å². The summed E-state index contributed by atoms with van der Waals surface area (Å²) < 4.78 is 63.9. The smallest absolute Gasteiger partial charge is 0.419 e. The van der Waals surface area contributed by atoms with Crippen LogP contribution in [0.5, 0.6) is 11.5 Å². The molecule has 2 amide bonds. The summed E-state index contributed by atoms with van der Waals surface area (Å²) in [6, 6.07) is 15.0. The zero-order chi connectivity index (χ0) is 31.9. The first-order valence-electron chi connectivity index (χ1n) is 14.0. The number of carbonyl (C=O) groups excluding carboxylic acids is 2. The third-order valence-corrected chi connectivity index (χ3v) is 7.13. The Labute approximate surface area is 253 Å². The maximum absolute atomic E-state index is 13.7. The summed E-state index contributed by atoms with van der Waals surface area (Å²) in [6.45, 7) is 4.02. The summed E-state index contributed by atoms with van der Waals surface area (Å²) >= 11 is 0. The van der Waals surface area contributed by atoms with Gasteiger partial charge in [-0.3, -0.25) is 14.5 Å². The number of halogens is 4. The number of methoxy groups -OCH3 is 1. The van der Waals surface area contributed by atoms with E-state index in [1.165, 1.54) is 0 Å². The first-order chi connectivity index (χ1) is 21.0. The molecular weight excluding hydrogens is 580 g/mol. The van der Waals surface area contributed by atoms with Crippen molar-refractivity contribution in [1.29, 1.82) is 0 Å². The Morgan fingerprint density at radius 2 is 1.68 bits per heavy atom. The lowest BCUT2D eigenvalue weighted by atomic mass is 10.0. The third kappa shape index (κ3) is 8.07. The molecule has 0 fully saturated rings. The van der Waals surface area contributed by atoms with E-state index in [4.69, 9.17) is 9.47 Å². The van der Waals surface area contributed by atoms with E-state index in [-0.39, 0.29) is 18.1 Å². The van der Waals surface area contributed by atoms with Crippen LogP contribution >= 0.6 is 0 Å². The predicted molar refractivity (Wildman–Crippen MR) is 158 cm³/mol. The molecule has 234 valence electrons. The van der Waals surface area contributed by atoms with E-state index in [0.29, 0.717) is 73.1 Å². The molecule has 0 unspecified atom stereocenters. The van der Waals surface area contributed by atoms with E-state index in [1.54, 1.807) is 32.4 Å². The van der Waals surface area contributed by atoms with Gasteiger partial charge in [0.15, 0.2) is 11.5 Å². The molecule has 0 aromatic heterocycles. The SMILES string of the molecule is CCOc1cc(CNC(=O)c2ccc(CN3CCC(NC)=C(C(=O)Nc4ccc(F)c(C(F)(F)F)c4)C3)cc2)ccc1OC. The van der Waals surface area contributed by atoms with Crippen LogP contribution in [0.25, 0.3) is 0 Å². The zero-order valence-corrected chi connectivity index (χ0v) is 24.6. The Morgan fingerprint density at radius 3 is 2.34 bits per heavy atom. The van der Waals surface area contributed by atoms with Gasteiger partial charge in [0.2, 0.25) is 0 Å². The van der Waals surface area contributed by atoms with Crippen molar-refractivity contribution < 1.29 is 36.6 Å². The fourth-order valence-electron chi connectivity index (χ4n) is 4.87. The summed E-state index contributed by atoms with van der Waals surface area (Å²) in [4.78, 5) is 27.9. The molecule has 1 aliphatic rings. The Hall–Kier alpha value is -4.58. The van der Waals surface area contributed by atoms with Crippen molar-refractivity contribution in [3.8, 4) is 11.5 Å². The molecule has 4 rings (SSSR count). The molecule has 0 spiro atoms. The lowest BCUT2D eigenvalue weighted by Crippen LogP contribution is -2.38. The van der Waals surface area contributed by atoms with Gasteiger partial charge >= 0.3 is 6.18 Å². The summed E-state index contributed by atoms with van der Waals surface area (Å²) in [7, 11) is 3.24. The van der Waals surface area contributed by atoms with Gasteiger partial charge in [-0.25, -0.2) is 4.39 Å². The predicted octanol–water partition coefficient (Wildman–Crippen LogP) is 5.50. The number of rotatable bonds is 11. The highest BCUT2D eigenvalue weighted by molar-refractivity contribution is 6.04. The molecule has 0 bridgehead atoms. The van der Waals surface area contributed by atoms with Crippen molar-refractivity contribution >= 4 is 17.5 Å². The summed E-state index contributed by atoms with van der Waals surface area (Å²) in [5, 5.41) is 8.37. The van der Waals surface area contributed by atoms with Crippen LogP contribution in [0.4, 0.5) is 23.2 Å². The van der Waals surface area contributed by atoms with E-state index in [9.17, 15) is 27.2 Å². The van der Waals surface area contributed by atoms with Crippen molar-refractivity contribution in [3.05, 3.63) is 100 Å². The highest BCUT2D eigenvalue weighted by Crippen LogP contribution is 2.33. The van der Waals surface area contributed by atoms with Crippen LogP contribution in [-0.2, 0) is 24.1 Å². The molecule has 44 heavy (non-hydrogen) atoms. The highest BCUT2D eigenvalue weighted by atomic mass is 19.4. The van der Waals surface area contributed by atoms with Crippen molar-refractivity contribution in [3.63, 3.8) is 0 Å². The van der Waals surface area contributed by atoms with Crippen LogP contribution < -0.4 is 25.4 Å². The molecule has 1 heterocycles. The van der Waals surface area contributed by atoms with Gasteiger partial charge in [0.1, 0.15) is 5.82 Å². The molecule has 3 aromatic rings. The zero-order valence-electron chi connectivity index (χ0n) is 24.6. The lowest BCUT2D eigenvalue weighted by Gasteiger charge is -2.30. The first kappa shape index (κ1) is 32.3. The first-order valence-corrected chi connectivity index (χ1v) is 14.0. The Morgan fingerprint density at radius 1 is 0.955 bits per heavy atom. The average molecular weight is 615 g/mol. The van der Waals surface area contributed by atoms with Gasteiger partial charge in [0.25, 0.3) is 11.8 Å². The Bertz CT molecular complexity index is 1520. The van der Waals surface area contributed by atoms with Gasteiger partial charge in [0.05, 0.1) is 24.9 Å². The standard InChI is InChI=1S/C32H34F4N4O4/c1-4-44-29-15-21(7-12-28(29)43-3)17-38-30(41)22-8-5-20(6-9-22)18-40-14-13-27(37-2)24(19-40)31(42)39-23-10-11-26(33)25(16-23)32(34,35)36/h5-12,15-16,37H,4,13-14,17-19H2,1-3H3,(H,38,41)(H,39,42). The van der Waals surface area contributed by atoms with Gasteiger partial charge in [0, 0.05) is 56.6 Å². The van der Waals surface area contributed by atoms with Crippen LogP contribution in [0.2, 0.25) is 0 Å². The van der Waals surface area contributed by atoms with Gasteiger partial charge in [-0.1, -0.05) is 18.2 Å². The lowest BCUT2D eigenvalue weighted by molar-refractivity contribution is -0.140. The number of benzene rings is 3. The number of amides is 2.